The lowest BCUT2D eigenvalue weighted by Gasteiger charge is -2.12. The van der Waals surface area contributed by atoms with Crippen LogP contribution in [-0.2, 0) is 0 Å². The Kier molecular flexibility index (Phi) is 4.54. The lowest BCUT2D eigenvalue weighted by Crippen LogP contribution is -2.32. The predicted octanol–water partition coefficient (Wildman–Crippen LogP) is 2.29. The maximum Gasteiger partial charge on any atom is 0.322 e. The van der Waals surface area contributed by atoms with Gasteiger partial charge in [-0.05, 0) is 31.5 Å². The molecule has 0 radical (unpaired) electrons. The van der Waals surface area contributed by atoms with E-state index in [2.05, 4.69) is 15.6 Å². The number of hydrogen-bond donors (Lipinski definition) is 3. The molecule has 0 bridgehead atoms. The van der Waals surface area contributed by atoms with Crippen LogP contribution in [-0.4, -0.2) is 22.7 Å². The van der Waals surface area contributed by atoms with Crippen molar-refractivity contribution in [3.8, 4) is 0 Å². The highest BCUT2D eigenvalue weighted by Crippen LogP contribution is 2.14. The average molecular weight is 293 g/mol. The molecule has 1 aromatic heterocycles. The standard InChI is InChI=1S/C14H16FN3O3/c1-8-9(2)21-14(17-8)18-13(20)16-7-12(19)10-3-5-11(15)6-4-10/h3-6,12,19H,7H2,1-2H3,(H2,16,17,18,20). The maximum atomic E-state index is 12.8. The Morgan fingerprint density at radius 2 is 2.05 bits per heavy atom. The molecule has 1 unspecified atom stereocenters. The number of oxazole rings is 1. The number of hydrogen-bond acceptors (Lipinski definition) is 4. The summed E-state index contributed by atoms with van der Waals surface area (Å²) < 4.78 is 18.0. The fourth-order valence-corrected chi connectivity index (χ4v) is 1.66. The number of aryl methyl sites for hydroxylation is 2. The Labute approximate surface area is 121 Å². The van der Waals surface area contributed by atoms with E-state index in [1.807, 2.05) is 0 Å². The van der Waals surface area contributed by atoms with Crippen LogP contribution >= 0.6 is 0 Å². The fourth-order valence-electron chi connectivity index (χ4n) is 1.66. The number of nitrogens with zero attached hydrogens (tertiary/aromatic N) is 1. The van der Waals surface area contributed by atoms with Crippen molar-refractivity contribution in [1.29, 1.82) is 0 Å². The highest BCUT2D eigenvalue weighted by Gasteiger charge is 2.12. The van der Waals surface area contributed by atoms with Gasteiger partial charge in [0.1, 0.15) is 11.6 Å². The number of carbonyl (C=O) groups is 1. The van der Waals surface area contributed by atoms with Crippen molar-refractivity contribution in [2.45, 2.75) is 20.0 Å². The van der Waals surface area contributed by atoms with Gasteiger partial charge in [-0.25, -0.2) is 9.18 Å². The van der Waals surface area contributed by atoms with Crippen LogP contribution in [0.4, 0.5) is 15.2 Å². The summed E-state index contributed by atoms with van der Waals surface area (Å²) in [7, 11) is 0. The second-order valence-corrected chi connectivity index (χ2v) is 4.56. The topological polar surface area (TPSA) is 87.4 Å². The van der Waals surface area contributed by atoms with Gasteiger partial charge in [-0.3, -0.25) is 5.32 Å². The molecule has 1 atom stereocenters. The molecule has 0 aliphatic heterocycles. The van der Waals surface area contributed by atoms with Crippen molar-refractivity contribution in [1.82, 2.24) is 10.3 Å². The molecule has 6 nitrogen and oxygen atoms in total. The summed E-state index contributed by atoms with van der Waals surface area (Å²) in [6, 6.07) is 4.96. The number of carbonyl (C=O) groups excluding carboxylic acids is 1. The number of anilines is 1. The molecular weight excluding hydrogens is 277 g/mol. The SMILES string of the molecule is Cc1nc(NC(=O)NCC(O)c2ccc(F)cc2)oc1C. The van der Waals surface area contributed by atoms with Crippen LogP contribution in [0.25, 0.3) is 0 Å². The quantitative estimate of drug-likeness (QED) is 0.807. The Balaban J connectivity index is 1.84. The first-order valence-corrected chi connectivity index (χ1v) is 6.38. The summed E-state index contributed by atoms with van der Waals surface area (Å²) in [4.78, 5) is 15.6. The minimum Gasteiger partial charge on any atom is -0.428 e. The van der Waals surface area contributed by atoms with E-state index in [0.717, 1.165) is 0 Å². The first-order valence-electron chi connectivity index (χ1n) is 6.38. The Hall–Kier alpha value is -2.41. The van der Waals surface area contributed by atoms with Crippen molar-refractivity contribution < 1.29 is 18.7 Å². The van der Waals surface area contributed by atoms with Crippen LogP contribution in [0.1, 0.15) is 23.1 Å². The predicted molar refractivity (Wildman–Crippen MR) is 74.4 cm³/mol. The molecule has 2 amide bonds. The third-order valence-electron chi connectivity index (χ3n) is 2.96. The molecule has 7 heteroatoms. The van der Waals surface area contributed by atoms with Crippen molar-refractivity contribution in [2.75, 3.05) is 11.9 Å². The summed E-state index contributed by atoms with van der Waals surface area (Å²) in [5.74, 6) is 0.239. The lowest BCUT2D eigenvalue weighted by molar-refractivity contribution is 0.175. The number of aromatic nitrogens is 1. The van der Waals surface area contributed by atoms with Crippen LogP contribution in [0, 0.1) is 19.7 Å². The van der Waals surface area contributed by atoms with Crippen molar-refractivity contribution in [3.63, 3.8) is 0 Å². The van der Waals surface area contributed by atoms with Gasteiger partial charge < -0.3 is 14.8 Å². The fraction of sp³-hybridized carbons (Fsp3) is 0.286. The molecule has 0 fully saturated rings. The monoisotopic (exact) mass is 293 g/mol. The van der Waals surface area contributed by atoms with Gasteiger partial charge in [-0.15, -0.1) is 0 Å². The van der Waals surface area contributed by atoms with Crippen LogP contribution in [0.15, 0.2) is 28.7 Å². The van der Waals surface area contributed by atoms with Gasteiger partial charge in [0.15, 0.2) is 0 Å². The average Bonchev–Trinajstić information content (AvgIpc) is 2.75. The molecule has 0 spiro atoms. The van der Waals surface area contributed by atoms with E-state index in [1.165, 1.54) is 24.3 Å². The zero-order chi connectivity index (χ0) is 15.4. The first-order chi connectivity index (χ1) is 9.95. The number of amides is 2. The van der Waals surface area contributed by atoms with Gasteiger partial charge in [0.05, 0.1) is 11.8 Å². The summed E-state index contributed by atoms with van der Waals surface area (Å²) >= 11 is 0. The van der Waals surface area contributed by atoms with Crippen LogP contribution < -0.4 is 10.6 Å². The third-order valence-corrected chi connectivity index (χ3v) is 2.96. The molecule has 2 rings (SSSR count). The molecule has 1 aromatic carbocycles. The molecular formula is C14H16FN3O3. The van der Waals surface area contributed by atoms with E-state index >= 15 is 0 Å². The molecule has 0 saturated carbocycles. The summed E-state index contributed by atoms with van der Waals surface area (Å²) in [6.45, 7) is 3.49. The first kappa shape index (κ1) is 15.0. The number of rotatable bonds is 4. The van der Waals surface area contributed by atoms with Crippen LogP contribution in [0.3, 0.4) is 0 Å². The number of halogens is 1. The van der Waals surface area contributed by atoms with E-state index in [1.54, 1.807) is 13.8 Å². The van der Waals surface area contributed by atoms with Gasteiger partial charge in [0, 0.05) is 6.54 Å². The van der Waals surface area contributed by atoms with Gasteiger partial charge in [-0.1, -0.05) is 12.1 Å². The Morgan fingerprint density at radius 1 is 1.38 bits per heavy atom. The van der Waals surface area contributed by atoms with E-state index in [-0.39, 0.29) is 18.4 Å². The molecule has 21 heavy (non-hydrogen) atoms. The number of nitrogens with one attached hydrogen (secondary N) is 2. The minimum atomic E-state index is -0.926. The second-order valence-electron chi connectivity index (χ2n) is 4.56. The van der Waals surface area contributed by atoms with E-state index < -0.39 is 12.1 Å². The molecule has 2 aromatic rings. The van der Waals surface area contributed by atoms with Crippen molar-refractivity contribution >= 4 is 12.0 Å². The summed E-state index contributed by atoms with van der Waals surface area (Å²) in [5, 5.41) is 14.8. The smallest absolute Gasteiger partial charge is 0.322 e. The number of benzene rings is 1. The zero-order valence-electron chi connectivity index (χ0n) is 11.7. The van der Waals surface area contributed by atoms with E-state index in [0.29, 0.717) is 17.0 Å². The molecule has 0 aliphatic rings. The van der Waals surface area contributed by atoms with Gasteiger partial charge >= 0.3 is 12.0 Å². The van der Waals surface area contributed by atoms with Crippen molar-refractivity contribution in [2.24, 2.45) is 0 Å². The largest absolute Gasteiger partial charge is 0.428 e. The minimum absolute atomic E-state index is 0.0177. The Morgan fingerprint density at radius 3 is 2.62 bits per heavy atom. The maximum absolute atomic E-state index is 12.8. The van der Waals surface area contributed by atoms with Crippen LogP contribution in [0.2, 0.25) is 0 Å². The zero-order valence-corrected chi connectivity index (χ0v) is 11.7. The molecule has 0 aliphatic carbocycles. The van der Waals surface area contributed by atoms with Gasteiger partial charge in [0.25, 0.3) is 0 Å². The number of aliphatic hydroxyl groups excluding tert-OH is 1. The highest BCUT2D eigenvalue weighted by atomic mass is 19.1. The molecule has 0 saturated heterocycles. The Bertz CT molecular complexity index is 605. The molecule has 112 valence electrons. The number of aliphatic hydroxyl groups is 1. The number of urea groups is 1. The summed E-state index contributed by atoms with van der Waals surface area (Å²) in [6.07, 6.45) is -0.926. The third kappa shape index (κ3) is 4.03. The summed E-state index contributed by atoms with van der Waals surface area (Å²) in [5.41, 5.74) is 1.20. The van der Waals surface area contributed by atoms with Crippen LogP contribution in [0.5, 0.6) is 0 Å². The normalized spacial score (nSPS) is 12.0. The second kappa shape index (κ2) is 6.36. The molecule has 1 heterocycles. The molecule has 3 N–H and O–H groups in total. The van der Waals surface area contributed by atoms with E-state index in [9.17, 15) is 14.3 Å². The highest BCUT2D eigenvalue weighted by molar-refractivity contribution is 5.86. The van der Waals surface area contributed by atoms with Gasteiger partial charge in [-0.2, -0.15) is 4.98 Å². The van der Waals surface area contributed by atoms with E-state index in [4.69, 9.17) is 4.42 Å². The van der Waals surface area contributed by atoms with Gasteiger partial charge in [0.2, 0.25) is 0 Å². The lowest BCUT2D eigenvalue weighted by atomic mass is 10.1. The van der Waals surface area contributed by atoms with Crippen molar-refractivity contribution in [3.05, 3.63) is 47.1 Å².